The van der Waals surface area contributed by atoms with Crippen LogP contribution in [0, 0.1) is 34.5 Å². The van der Waals surface area contributed by atoms with Gasteiger partial charge in [0.15, 0.2) is 5.79 Å². The number of fused-ring (bicyclic) bond motifs is 5. The Balaban J connectivity index is 1.37. The summed E-state index contributed by atoms with van der Waals surface area (Å²) in [6.45, 7) is 8.11. The minimum absolute atomic E-state index is 0.103. The summed E-state index contributed by atoms with van der Waals surface area (Å²) in [6.07, 6.45) is 11.0. The number of carbonyl (C=O) groups excluding carboxylic acids is 1. The normalized spacial score (nSPS) is 50.7. The average Bonchev–Trinajstić information content (AvgIpc) is 3.21. The second kappa shape index (κ2) is 6.19. The molecule has 1 heterocycles. The molecule has 152 valence electrons. The molecular formula is C23H36O4. The maximum Gasteiger partial charge on any atom is 0.302 e. The predicted octanol–water partition coefficient (Wildman–Crippen LogP) is 4.70. The van der Waals surface area contributed by atoms with Gasteiger partial charge in [0, 0.05) is 25.2 Å². The van der Waals surface area contributed by atoms with E-state index in [4.69, 9.17) is 14.2 Å². The lowest BCUT2D eigenvalue weighted by atomic mass is 9.45. The van der Waals surface area contributed by atoms with Crippen molar-refractivity contribution in [2.75, 3.05) is 13.2 Å². The van der Waals surface area contributed by atoms with Crippen LogP contribution in [-0.2, 0) is 19.0 Å². The van der Waals surface area contributed by atoms with Gasteiger partial charge >= 0.3 is 5.97 Å². The van der Waals surface area contributed by atoms with E-state index in [0.29, 0.717) is 5.41 Å². The zero-order valence-electron chi connectivity index (χ0n) is 17.3. The summed E-state index contributed by atoms with van der Waals surface area (Å²) in [6, 6.07) is 0. The van der Waals surface area contributed by atoms with Gasteiger partial charge in [0.2, 0.25) is 0 Å². The van der Waals surface area contributed by atoms with Gasteiger partial charge in [-0.05, 0) is 74.0 Å². The Hall–Kier alpha value is -0.610. The van der Waals surface area contributed by atoms with Gasteiger partial charge in [0.05, 0.1) is 13.2 Å². The van der Waals surface area contributed by atoms with Gasteiger partial charge in [-0.25, -0.2) is 0 Å². The highest BCUT2D eigenvalue weighted by Gasteiger charge is 2.62. The summed E-state index contributed by atoms with van der Waals surface area (Å²) in [5, 5.41) is 0. The molecule has 27 heavy (non-hydrogen) atoms. The largest absolute Gasteiger partial charge is 0.462 e. The van der Waals surface area contributed by atoms with Crippen molar-refractivity contribution >= 4 is 5.97 Å². The van der Waals surface area contributed by atoms with Gasteiger partial charge < -0.3 is 14.2 Å². The molecule has 0 bridgehead atoms. The zero-order valence-corrected chi connectivity index (χ0v) is 17.3. The number of carbonyl (C=O) groups is 1. The molecule has 0 aromatic heterocycles. The Morgan fingerprint density at radius 2 is 1.63 bits per heavy atom. The summed E-state index contributed by atoms with van der Waals surface area (Å²) < 4.78 is 17.9. The number of esters is 1. The summed E-state index contributed by atoms with van der Waals surface area (Å²) in [4.78, 5) is 11.6. The molecule has 7 atom stereocenters. The van der Waals surface area contributed by atoms with E-state index in [1.165, 1.54) is 38.5 Å². The molecule has 5 aliphatic rings. The SMILES string of the molecule is CC(=O)OC1CCC2C3CCC4CC5(CCC4(C)C3CCC12C)OCCO5. The third-order valence-electron chi connectivity index (χ3n) is 9.70. The van der Waals surface area contributed by atoms with Gasteiger partial charge in [-0.15, -0.1) is 0 Å². The topological polar surface area (TPSA) is 44.8 Å². The molecule has 0 N–H and O–H groups in total. The fraction of sp³-hybridized carbons (Fsp3) is 0.957. The molecule has 4 nitrogen and oxygen atoms in total. The monoisotopic (exact) mass is 376 g/mol. The van der Waals surface area contributed by atoms with E-state index in [1.807, 2.05) is 0 Å². The lowest BCUT2D eigenvalue weighted by Gasteiger charge is -2.61. The number of rotatable bonds is 1. The van der Waals surface area contributed by atoms with E-state index in [2.05, 4.69) is 13.8 Å². The molecule has 0 aromatic carbocycles. The van der Waals surface area contributed by atoms with E-state index < -0.39 is 0 Å². The van der Waals surface area contributed by atoms with Crippen LogP contribution in [0.1, 0.15) is 78.6 Å². The minimum Gasteiger partial charge on any atom is -0.462 e. The van der Waals surface area contributed by atoms with Crippen LogP contribution in [0.15, 0.2) is 0 Å². The first-order valence-corrected chi connectivity index (χ1v) is 11.3. The van der Waals surface area contributed by atoms with Crippen molar-refractivity contribution in [2.24, 2.45) is 34.5 Å². The van der Waals surface area contributed by atoms with E-state index in [1.54, 1.807) is 6.92 Å². The summed E-state index contributed by atoms with van der Waals surface area (Å²) in [7, 11) is 0. The third kappa shape index (κ3) is 2.65. The van der Waals surface area contributed by atoms with Crippen LogP contribution in [0.3, 0.4) is 0 Å². The number of ether oxygens (including phenoxy) is 3. The van der Waals surface area contributed by atoms with Crippen LogP contribution in [0.4, 0.5) is 0 Å². The van der Waals surface area contributed by atoms with Crippen molar-refractivity contribution in [1.29, 1.82) is 0 Å². The average molecular weight is 377 g/mol. The molecule has 1 aliphatic heterocycles. The number of hydrogen-bond acceptors (Lipinski definition) is 4. The highest BCUT2D eigenvalue weighted by molar-refractivity contribution is 5.66. The molecule has 4 saturated carbocycles. The second-order valence-corrected chi connectivity index (χ2v) is 10.7. The molecule has 5 fully saturated rings. The fourth-order valence-corrected chi connectivity index (χ4v) is 8.30. The van der Waals surface area contributed by atoms with Crippen molar-refractivity contribution in [2.45, 2.75) is 90.4 Å². The second-order valence-electron chi connectivity index (χ2n) is 10.7. The smallest absolute Gasteiger partial charge is 0.302 e. The Morgan fingerprint density at radius 3 is 2.37 bits per heavy atom. The van der Waals surface area contributed by atoms with E-state index in [9.17, 15) is 4.79 Å². The van der Waals surface area contributed by atoms with Gasteiger partial charge in [0.25, 0.3) is 0 Å². The molecule has 5 rings (SSSR count). The highest BCUT2D eigenvalue weighted by atomic mass is 16.7. The maximum atomic E-state index is 11.6. The molecule has 7 unspecified atom stereocenters. The van der Waals surface area contributed by atoms with Crippen molar-refractivity contribution < 1.29 is 19.0 Å². The Bertz CT molecular complexity index is 611. The van der Waals surface area contributed by atoms with E-state index in [0.717, 1.165) is 56.1 Å². The highest BCUT2D eigenvalue weighted by Crippen LogP contribution is 2.67. The van der Waals surface area contributed by atoms with Gasteiger partial charge in [-0.2, -0.15) is 0 Å². The van der Waals surface area contributed by atoms with Gasteiger partial charge in [-0.3, -0.25) is 4.79 Å². The van der Waals surface area contributed by atoms with Crippen LogP contribution < -0.4 is 0 Å². The van der Waals surface area contributed by atoms with Crippen molar-refractivity contribution in [3.05, 3.63) is 0 Å². The van der Waals surface area contributed by atoms with Gasteiger partial charge in [-0.1, -0.05) is 13.8 Å². The van der Waals surface area contributed by atoms with Crippen LogP contribution in [0.2, 0.25) is 0 Å². The van der Waals surface area contributed by atoms with Crippen LogP contribution in [0.5, 0.6) is 0 Å². The van der Waals surface area contributed by atoms with Crippen molar-refractivity contribution in [1.82, 2.24) is 0 Å². The molecule has 4 aliphatic carbocycles. The third-order valence-corrected chi connectivity index (χ3v) is 9.70. The molecule has 0 radical (unpaired) electrons. The fourth-order valence-electron chi connectivity index (χ4n) is 8.30. The Kier molecular flexibility index (Phi) is 4.22. The molecule has 0 amide bonds. The molecule has 1 spiro atoms. The maximum absolute atomic E-state index is 11.6. The van der Waals surface area contributed by atoms with Crippen LogP contribution in [-0.4, -0.2) is 31.1 Å². The summed E-state index contributed by atoms with van der Waals surface area (Å²) in [5.74, 6) is 2.74. The summed E-state index contributed by atoms with van der Waals surface area (Å²) in [5.41, 5.74) is 0.633. The van der Waals surface area contributed by atoms with E-state index in [-0.39, 0.29) is 23.3 Å². The molecule has 0 aromatic rings. The van der Waals surface area contributed by atoms with Crippen LogP contribution >= 0.6 is 0 Å². The van der Waals surface area contributed by atoms with Crippen LogP contribution in [0.25, 0.3) is 0 Å². The first-order chi connectivity index (χ1) is 12.9. The Morgan fingerprint density at radius 1 is 0.889 bits per heavy atom. The van der Waals surface area contributed by atoms with Crippen molar-refractivity contribution in [3.63, 3.8) is 0 Å². The first kappa shape index (κ1) is 18.4. The minimum atomic E-state index is -0.256. The summed E-state index contributed by atoms with van der Waals surface area (Å²) >= 11 is 0. The lowest BCUT2D eigenvalue weighted by molar-refractivity contribution is -0.230. The molecule has 1 saturated heterocycles. The van der Waals surface area contributed by atoms with Gasteiger partial charge in [0.1, 0.15) is 6.10 Å². The standard InChI is InChI=1S/C23H36O4/c1-15(24)27-20-7-6-18-17-5-4-16-14-23(25-12-13-26-23)11-10-21(16,2)19(17)8-9-22(18,20)3/h16-20H,4-14H2,1-3H3. The molecule has 4 heteroatoms. The zero-order chi connectivity index (χ0) is 18.9. The lowest BCUT2D eigenvalue weighted by Crippen LogP contribution is -2.56. The molecular weight excluding hydrogens is 340 g/mol. The van der Waals surface area contributed by atoms with Crippen molar-refractivity contribution in [3.8, 4) is 0 Å². The Labute approximate surface area is 163 Å². The number of hydrogen-bond donors (Lipinski definition) is 0. The first-order valence-electron chi connectivity index (χ1n) is 11.3. The predicted molar refractivity (Wildman–Crippen MR) is 102 cm³/mol. The quantitative estimate of drug-likeness (QED) is 0.622. The van der Waals surface area contributed by atoms with E-state index >= 15 is 0 Å².